The van der Waals surface area contributed by atoms with Gasteiger partial charge < -0.3 is 31.4 Å². The highest BCUT2D eigenvalue weighted by Gasteiger charge is 2.22. The molecule has 0 saturated carbocycles. The molecule has 6 N–H and O–H groups in total. The average Bonchev–Trinajstić information content (AvgIpc) is 2.73. The minimum absolute atomic E-state index is 0.0365. The molecule has 0 heterocycles. The smallest absolute Gasteiger partial charge is 0.130 e. The van der Waals surface area contributed by atoms with E-state index in [4.69, 9.17) is 31.4 Å². The third-order valence-electron chi connectivity index (χ3n) is 4.91. The van der Waals surface area contributed by atoms with Crippen LogP contribution in [0.3, 0.4) is 0 Å². The molecule has 0 aliphatic heterocycles. The molecule has 1 aromatic carbocycles. The van der Waals surface area contributed by atoms with Gasteiger partial charge in [0.2, 0.25) is 0 Å². The second kappa shape index (κ2) is 9.07. The van der Waals surface area contributed by atoms with Crippen molar-refractivity contribution in [2.24, 2.45) is 11.5 Å². The summed E-state index contributed by atoms with van der Waals surface area (Å²) in [5.41, 5.74) is 18.3. The number of hydrogen-bond acceptors (Lipinski definition) is 6. The lowest BCUT2D eigenvalue weighted by Gasteiger charge is -2.25. The molecular formula is C24H27N3O3. The largest absolute Gasteiger partial charge is 0.486 e. The number of nitrogens with two attached hydrogens (primary N) is 3. The maximum absolute atomic E-state index is 6.17. The fraction of sp³-hybridized carbons (Fsp3) is 0.250. The van der Waals surface area contributed by atoms with E-state index in [-0.39, 0.29) is 18.2 Å². The van der Waals surface area contributed by atoms with Gasteiger partial charge in [-0.1, -0.05) is 12.2 Å². The van der Waals surface area contributed by atoms with Crippen LogP contribution in [0.2, 0.25) is 0 Å². The monoisotopic (exact) mass is 405 g/mol. The SMILES string of the molecule is Nc1ccc(OC2=CC(OC3=CCC(N)C=C3)CC(OC3=CCC(N)C=C3)=C2)cc1. The predicted molar refractivity (Wildman–Crippen MR) is 118 cm³/mol. The molecule has 4 rings (SSSR count). The molecule has 0 bridgehead atoms. The molecule has 30 heavy (non-hydrogen) atoms. The molecule has 0 saturated heterocycles. The number of ether oxygens (including phenoxy) is 3. The van der Waals surface area contributed by atoms with E-state index in [1.54, 1.807) is 12.1 Å². The lowest BCUT2D eigenvalue weighted by atomic mass is 10.1. The summed E-state index contributed by atoms with van der Waals surface area (Å²) in [6.07, 6.45) is 17.4. The van der Waals surface area contributed by atoms with Crippen LogP contribution in [0.4, 0.5) is 5.69 Å². The summed E-state index contributed by atoms with van der Waals surface area (Å²) in [4.78, 5) is 0. The molecule has 1 aromatic rings. The molecule has 6 nitrogen and oxygen atoms in total. The Bertz CT molecular complexity index is 954. The van der Waals surface area contributed by atoms with E-state index < -0.39 is 0 Å². The molecule has 156 valence electrons. The fourth-order valence-corrected chi connectivity index (χ4v) is 3.31. The van der Waals surface area contributed by atoms with Crippen molar-refractivity contribution >= 4 is 5.69 Å². The molecule has 0 radical (unpaired) electrons. The number of hydrogen-bond donors (Lipinski definition) is 3. The molecule has 3 atom stereocenters. The maximum Gasteiger partial charge on any atom is 0.130 e. The number of anilines is 1. The first-order valence-corrected chi connectivity index (χ1v) is 10.1. The molecule has 0 amide bonds. The van der Waals surface area contributed by atoms with Gasteiger partial charge in [0, 0.05) is 30.3 Å². The van der Waals surface area contributed by atoms with E-state index in [0.29, 0.717) is 23.6 Å². The molecule has 0 spiro atoms. The standard InChI is InChI=1S/C24H27N3O3/c25-16-1-7-19(8-2-16)28-22-13-23(29-20-9-3-17(26)4-10-20)15-24(14-22)30-21-11-5-18(27)6-12-21/h1-3,5,7-14,17-18,23H,4,6,15,25-27H2. The number of nitrogen functional groups attached to an aromatic ring is 1. The summed E-state index contributed by atoms with van der Waals surface area (Å²) in [7, 11) is 0. The topological polar surface area (TPSA) is 106 Å². The van der Waals surface area contributed by atoms with Gasteiger partial charge in [-0.15, -0.1) is 0 Å². The van der Waals surface area contributed by atoms with Crippen LogP contribution < -0.4 is 21.9 Å². The summed E-state index contributed by atoms with van der Waals surface area (Å²) < 4.78 is 18.3. The van der Waals surface area contributed by atoms with Gasteiger partial charge in [-0.05, 0) is 67.5 Å². The van der Waals surface area contributed by atoms with Crippen molar-refractivity contribution < 1.29 is 14.2 Å². The summed E-state index contributed by atoms with van der Waals surface area (Å²) in [6, 6.07) is 7.34. The van der Waals surface area contributed by atoms with E-state index in [1.165, 1.54) is 0 Å². The zero-order valence-electron chi connectivity index (χ0n) is 16.7. The molecule has 0 aromatic heterocycles. The van der Waals surface area contributed by atoms with Gasteiger partial charge in [0.05, 0.1) is 0 Å². The van der Waals surface area contributed by atoms with Crippen LogP contribution >= 0.6 is 0 Å². The van der Waals surface area contributed by atoms with Crippen LogP contribution in [0.15, 0.2) is 95.9 Å². The molecular weight excluding hydrogens is 378 g/mol. The van der Waals surface area contributed by atoms with Crippen LogP contribution in [0, 0.1) is 0 Å². The van der Waals surface area contributed by atoms with Gasteiger partial charge in [0.15, 0.2) is 0 Å². The Kier molecular flexibility index (Phi) is 6.07. The predicted octanol–water partition coefficient (Wildman–Crippen LogP) is 3.56. The first kappa shape index (κ1) is 20.1. The van der Waals surface area contributed by atoms with Gasteiger partial charge in [-0.25, -0.2) is 0 Å². The van der Waals surface area contributed by atoms with Crippen molar-refractivity contribution in [2.75, 3.05) is 5.73 Å². The first-order chi connectivity index (χ1) is 14.5. The molecule has 0 fully saturated rings. The van der Waals surface area contributed by atoms with Gasteiger partial charge in [-0.3, -0.25) is 0 Å². The van der Waals surface area contributed by atoms with Crippen molar-refractivity contribution in [3.63, 3.8) is 0 Å². The zero-order valence-corrected chi connectivity index (χ0v) is 16.7. The van der Waals surface area contributed by atoms with Gasteiger partial charge in [0.1, 0.15) is 34.9 Å². The number of allylic oxidation sites excluding steroid dienone is 3. The number of rotatable bonds is 6. The third-order valence-corrected chi connectivity index (χ3v) is 4.91. The van der Waals surface area contributed by atoms with Gasteiger partial charge in [-0.2, -0.15) is 0 Å². The second-order valence-corrected chi connectivity index (χ2v) is 7.54. The van der Waals surface area contributed by atoms with Crippen LogP contribution in [0.25, 0.3) is 0 Å². The highest BCUT2D eigenvalue weighted by Crippen LogP contribution is 2.28. The Labute approximate surface area is 176 Å². The number of benzene rings is 1. The van der Waals surface area contributed by atoms with Crippen LogP contribution in [0.1, 0.15) is 19.3 Å². The molecule has 3 unspecified atom stereocenters. The fourth-order valence-electron chi connectivity index (χ4n) is 3.31. The van der Waals surface area contributed by atoms with Crippen molar-refractivity contribution in [3.8, 4) is 5.75 Å². The first-order valence-electron chi connectivity index (χ1n) is 10.1. The van der Waals surface area contributed by atoms with Crippen LogP contribution in [-0.2, 0) is 9.47 Å². The van der Waals surface area contributed by atoms with E-state index in [9.17, 15) is 0 Å². The lowest BCUT2D eigenvalue weighted by Crippen LogP contribution is -2.21. The summed E-state index contributed by atoms with van der Waals surface area (Å²) >= 11 is 0. The zero-order chi connectivity index (χ0) is 20.9. The Morgan fingerprint density at radius 1 is 0.800 bits per heavy atom. The summed E-state index contributed by atoms with van der Waals surface area (Å²) in [5, 5.41) is 0. The van der Waals surface area contributed by atoms with Crippen molar-refractivity contribution in [1.82, 2.24) is 0 Å². The minimum atomic E-state index is -0.227. The van der Waals surface area contributed by atoms with E-state index in [0.717, 1.165) is 30.1 Å². The summed E-state index contributed by atoms with van der Waals surface area (Å²) in [5.74, 6) is 3.68. The molecule has 6 heteroatoms. The Morgan fingerprint density at radius 3 is 2.10 bits per heavy atom. The Balaban J connectivity index is 1.51. The van der Waals surface area contributed by atoms with E-state index in [2.05, 4.69) is 0 Å². The van der Waals surface area contributed by atoms with Gasteiger partial charge in [0.25, 0.3) is 0 Å². The normalized spacial score (nSPS) is 25.6. The van der Waals surface area contributed by atoms with E-state index in [1.807, 2.05) is 60.7 Å². The molecule has 3 aliphatic carbocycles. The van der Waals surface area contributed by atoms with Crippen molar-refractivity contribution in [2.45, 2.75) is 37.5 Å². The Hall–Kier alpha value is -3.22. The quantitative estimate of drug-likeness (QED) is 0.625. The van der Waals surface area contributed by atoms with Crippen molar-refractivity contribution in [3.05, 3.63) is 95.9 Å². The van der Waals surface area contributed by atoms with E-state index >= 15 is 0 Å². The van der Waals surface area contributed by atoms with Crippen LogP contribution in [0.5, 0.6) is 5.75 Å². The lowest BCUT2D eigenvalue weighted by molar-refractivity contribution is 0.138. The molecule has 3 aliphatic rings. The van der Waals surface area contributed by atoms with Crippen LogP contribution in [-0.4, -0.2) is 18.2 Å². The third kappa shape index (κ3) is 5.43. The highest BCUT2D eigenvalue weighted by atomic mass is 16.5. The minimum Gasteiger partial charge on any atom is -0.486 e. The Morgan fingerprint density at radius 2 is 1.47 bits per heavy atom. The maximum atomic E-state index is 6.17. The second-order valence-electron chi connectivity index (χ2n) is 7.54. The highest BCUT2D eigenvalue weighted by molar-refractivity contribution is 5.42. The van der Waals surface area contributed by atoms with Gasteiger partial charge >= 0.3 is 0 Å². The summed E-state index contributed by atoms with van der Waals surface area (Å²) in [6.45, 7) is 0. The van der Waals surface area contributed by atoms with Crippen molar-refractivity contribution in [1.29, 1.82) is 0 Å². The average molecular weight is 405 g/mol.